The van der Waals surface area contributed by atoms with Gasteiger partial charge in [-0.1, -0.05) is 34.8 Å². The molecule has 2 N–H and O–H groups in total. The smallest absolute Gasteiger partial charge is 0.206 e. The number of benzene rings is 2. The molecule has 20 heavy (non-hydrogen) atoms. The zero-order valence-electron chi connectivity index (χ0n) is 9.64. The van der Waals surface area contributed by atoms with E-state index in [0.717, 1.165) is 18.2 Å². The molecule has 0 heterocycles. The van der Waals surface area contributed by atoms with E-state index < -0.39 is 15.6 Å². The van der Waals surface area contributed by atoms with Crippen LogP contribution in [0.3, 0.4) is 0 Å². The van der Waals surface area contributed by atoms with Crippen LogP contribution in [0.25, 0.3) is 0 Å². The average Bonchev–Trinajstić information content (AvgIpc) is 2.38. The molecule has 2 aromatic rings. The molecule has 0 bridgehead atoms. The second kappa shape index (κ2) is 5.33. The van der Waals surface area contributed by atoms with Crippen LogP contribution in [0.4, 0.5) is 0 Å². The quantitative estimate of drug-likeness (QED) is 0.859. The van der Waals surface area contributed by atoms with Crippen molar-refractivity contribution in [3.8, 4) is 11.5 Å². The molecule has 106 valence electrons. The van der Waals surface area contributed by atoms with Gasteiger partial charge in [0.2, 0.25) is 9.84 Å². The summed E-state index contributed by atoms with van der Waals surface area (Å²) < 4.78 is 24.7. The van der Waals surface area contributed by atoms with Crippen molar-refractivity contribution in [1.82, 2.24) is 0 Å². The van der Waals surface area contributed by atoms with Crippen LogP contribution in [0, 0.1) is 0 Å². The number of hydrogen-bond donors (Lipinski definition) is 2. The first-order chi connectivity index (χ1) is 9.23. The van der Waals surface area contributed by atoms with E-state index in [-0.39, 0.29) is 30.6 Å². The summed E-state index contributed by atoms with van der Waals surface area (Å²) >= 11 is 17.1. The van der Waals surface area contributed by atoms with Crippen LogP contribution in [0.15, 0.2) is 40.1 Å². The van der Waals surface area contributed by atoms with Gasteiger partial charge in [-0.2, -0.15) is 0 Å². The molecular formula is C12H7Cl3O4S. The molecule has 0 aromatic heterocycles. The lowest BCUT2D eigenvalue weighted by Crippen LogP contribution is -2.02. The van der Waals surface area contributed by atoms with Crippen LogP contribution in [-0.4, -0.2) is 18.6 Å². The van der Waals surface area contributed by atoms with Crippen molar-refractivity contribution >= 4 is 44.6 Å². The summed E-state index contributed by atoms with van der Waals surface area (Å²) in [7, 11) is -3.92. The Morgan fingerprint density at radius 3 is 1.80 bits per heavy atom. The normalized spacial score (nSPS) is 11.6. The van der Waals surface area contributed by atoms with E-state index in [0.29, 0.717) is 0 Å². The Balaban J connectivity index is 2.63. The van der Waals surface area contributed by atoms with Crippen molar-refractivity contribution in [2.75, 3.05) is 0 Å². The van der Waals surface area contributed by atoms with Gasteiger partial charge in [0.25, 0.3) is 0 Å². The van der Waals surface area contributed by atoms with Gasteiger partial charge in [-0.3, -0.25) is 0 Å². The predicted molar refractivity (Wildman–Crippen MR) is 76.7 cm³/mol. The number of aromatic hydroxyl groups is 2. The number of phenolic OH excluding ortho intramolecular Hbond substituents is 2. The Hall–Kier alpha value is -1.14. The molecule has 0 radical (unpaired) electrons. The van der Waals surface area contributed by atoms with Crippen LogP contribution in [0.2, 0.25) is 15.1 Å². The Bertz CT molecular complexity index is 764. The molecule has 0 atom stereocenters. The predicted octanol–water partition coefficient (Wildman–Crippen LogP) is 3.89. The molecule has 0 unspecified atom stereocenters. The van der Waals surface area contributed by atoms with Crippen molar-refractivity contribution in [2.24, 2.45) is 0 Å². The molecule has 2 rings (SSSR count). The average molecular weight is 354 g/mol. The third-order valence-electron chi connectivity index (χ3n) is 2.53. The van der Waals surface area contributed by atoms with Gasteiger partial charge in [0.15, 0.2) is 5.75 Å². The van der Waals surface area contributed by atoms with E-state index in [1.807, 2.05) is 0 Å². The van der Waals surface area contributed by atoms with Gasteiger partial charge < -0.3 is 10.2 Å². The molecule has 0 aliphatic carbocycles. The largest absolute Gasteiger partial charge is 0.506 e. The van der Waals surface area contributed by atoms with Gasteiger partial charge >= 0.3 is 0 Å². The number of halogens is 3. The fourth-order valence-corrected chi connectivity index (χ4v) is 3.69. The fourth-order valence-electron chi connectivity index (χ4n) is 1.49. The first kappa shape index (κ1) is 15.3. The molecule has 0 aliphatic heterocycles. The molecule has 4 nitrogen and oxygen atoms in total. The number of phenols is 2. The molecular weight excluding hydrogens is 347 g/mol. The number of hydrogen-bond acceptors (Lipinski definition) is 4. The Kier molecular flexibility index (Phi) is 4.07. The van der Waals surface area contributed by atoms with Crippen LogP contribution in [-0.2, 0) is 9.84 Å². The number of rotatable bonds is 2. The van der Waals surface area contributed by atoms with E-state index in [4.69, 9.17) is 34.8 Å². The van der Waals surface area contributed by atoms with Gasteiger partial charge in [-0.15, -0.1) is 0 Å². The standard InChI is InChI=1S/C12H7Cl3O4S/c13-8-3-6(1-2-11(8)16)20(18,19)7-4-9(14)12(17)10(15)5-7/h1-5,16-17H. The number of sulfone groups is 1. The molecule has 2 aromatic carbocycles. The zero-order chi connectivity index (χ0) is 15.1. The highest BCUT2D eigenvalue weighted by atomic mass is 35.5. The van der Waals surface area contributed by atoms with E-state index in [2.05, 4.69) is 0 Å². The molecule has 0 spiro atoms. The van der Waals surface area contributed by atoms with Gasteiger partial charge in [0.1, 0.15) is 5.75 Å². The minimum Gasteiger partial charge on any atom is -0.506 e. The van der Waals surface area contributed by atoms with Crippen LogP contribution in [0.5, 0.6) is 11.5 Å². The van der Waals surface area contributed by atoms with E-state index >= 15 is 0 Å². The highest BCUT2D eigenvalue weighted by molar-refractivity contribution is 7.91. The lowest BCUT2D eigenvalue weighted by molar-refractivity contribution is 0.475. The molecule has 0 aliphatic rings. The summed E-state index contributed by atoms with van der Waals surface area (Å²) in [5.74, 6) is -0.622. The van der Waals surface area contributed by atoms with E-state index in [1.54, 1.807) is 0 Å². The molecule has 8 heteroatoms. The van der Waals surface area contributed by atoms with Crippen molar-refractivity contribution in [2.45, 2.75) is 9.79 Å². The van der Waals surface area contributed by atoms with Gasteiger partial charge in [-0.25, -0.2) is 8.42 Å². The Morgan fingerprint density at radius 1 is 0.800 bits per heavy atom. The molecule has 0 fully saturated rings. The SMILES string of the molecule is O=S(=O)(c1ccc(O)c(Cl)c1)c1cc(Cl)c(O)c(Cl)c1. The van der Waals surface area contributed by atoms with E-state index in [1.165, 1.54) is 12.1 Å². The van der Waals surface area contributed by atoms with Crippen LogP contribution in [0.1, 0.15) is 0 Å². The second-order valence-electron chi connectivity index (χ2n) is 3.85. The summed E-state index contributed by atoms with van der Waals surface area (Å²) in [6.45, 7) is 0. The summed E-state index contributed by atoms with van der Waals surface area (Å²) in [5, 5.41) is 18.3. The molecule has 0 amide bonds. The Morgan fingerprint density at radius 2 is 1.30 bits per heavy atom. The van der Waals surface area contributed by atoms with Crippen LogP contribution < -0.4 is 0 Å². The van der Waals surface area contributed by atoms with Crippen LogP contribution >= 0.6 is 34.8 Å². The fraction of sp³-hybridized carbons (Fsp3) is 0. The van der Waals surface area contributed by atoms with Gasteiger partial charge in [0, 0.05) is 0 Å². The maximum absolute atomic E-state index is 12.4. The van der Waals surface area contributed by atoms with Crippen molar-refractivity contribution in [1.29, 1.82) is 0 Å². The second-order valence-corrected chi connectivity index (χ2v) is 7.02. The summed E-state index contributed by atoms with van der Waals surface area (Å²) in [6.07, 6.45) is 0. The summed E-state index contributed by atoms with van der Waals surface area (Å²) in [4.78, 5) is -0.315. The first-order valence-electron chi connectivity index (χ1n) is 5.15. The van der Waals surface area contributed by atoms with Gasteiger partial charge in [-0.05, 0) is 30.3 Å². The molecule has 0 saturated heterocycles. The van der Waals surface area contributed by atoms with Crippen molar-refractivity contribution < 1.29 is 18.6 Å². The summed E-state index contributed by atoms with van der Waals surface area (Å²) in [6, 6.07) is 5.64. The highest BCUT2D eigenvalue weighted by Gasteiger charge is 2.21. The minimum atomic E-state index is -3.92. The maximum atomic E-state index is 12.4. The maximum Gasteiger partial charge on any atom is 0.206 e. The molecule has 0 saturated carbocycles. The first-order valence-corrected chi connectivity index (χ1v) is 7.77. The topological polar surface area (TPSA) is 74.6 Å². The lowest BCUT2D eigenvalue weighted by Gasteiger charge is -2.08. The van der Waals surface area contributed by atoms with Gasteiger partial charge in [0.05, 0.1) is 24.9 Å². The third-order valence-corrected chi connectivity index (χ3v) is 5.14. The lowest BCUT2D eigenvalue weighted by atomic mass is 10.3. The van der Waals surface area contributed by atoms with Crippen molar-refractivity contribution in [3.63, 3.8) is 0 Å². The monoisotopic (exact) mass is 352 g/mol. The Labute approximate surface area is 130 Å². The minimum absolute atomic E-state index is 0.0953. The third kappa shape index (κ3) is 2.67. The van der Waals surface area contributed by atoms with Crippen molar-refractivity contribution in [3.05, 3.63) is 45.4 Å². The zero-order valence-corrected chi connectivity index (χ0v) is 12.7. The van der Waals surface area contributed by atoms with E-state index in [9.17, 15) is 18.6 Å². The highest BCUT2D eigenvalue weighted by Crippen LogP contribution is 2.36. The summed E-state index contributed by atoms with van der Waals surface area (Å²) in [5.41, 5.74) is 0.